The fraction of sp³-hybridized carbons (Fsp3) is 0.667. The minimum Gasteiger partial charge on any atom is -0.461 e. The van der Waals surface area contributed by atoms with Crippen LogP contribution in [0.1, 0.15) is 45.6 Å². The van der Waals surface area contributed by atoms with E-state index in [9.17, 15) is 22.8 Å². The third kappa shape index (κ3) is 5.63. The summed E-state index contributed by atoms with van der Waals surface area (Å²) in [4.78, 5) is 26.5. The first-order valence-corrected chi connectivity index (χ1v) is 11.3. The van der Waals surface area contributed by atoms with Crippen LogP contribution in [0, 0.1) is 23.7 Å². The number of ether oxygens (including phenoxy) is 2. The standard InChI is InChI=1S/C24H32F3NO4/c1-15(2)19-11-18(12-20(19)22(29)32-14-17-7-5-4-6-8-17)28(23(30)24(25,26)27)21-9-10-31-13-16(21)3/h4-8,15-16,18-21H,9-14H2,1-3H3/t16?,18?,19?,20-,21?/m1/s1. The molecule has 0 bridgehead atoms. The summed E-state index contributed by atoms with van der Waals surface area (Å²) in [6.45, 7) is 6.47. The molecule has 1 aliphatic heterocycles. The molecule has 0 N–H and O–H groups in total. The molecule has 1 heterocycles. The van der Waals surface area contributed by atoms with Gasteiger partial charge in [-0.1, -0.05) is 51.1 Å². The van der Waals surface area contributed by atoms with Gasteiger partial charge >= 0.3 is 18.1 Å². The van der Waals surface area contributed by atoms with E-state index in [0.717, 1.165) is 10.5 Å². The SMILES string of the molecule is CC(C)C1CC(N(C(=O)C(F)(F)F)C2CCOCC2C)C[C@H]1C(=O)OCc1ccccc1. The number of nitrogens with zero attached hydrogens (tertiary/aromatic N) is 1. The Morgan fingerprint density at radius 2 is 1.88 bits per heavy atom. The fourth-order valence-corrected chi connectivity index (χ4v) is 5.13. The monoisotopic (exact) mass is 455 g/mol. The van der Waals surface area contributed by atoms with Gasteiger partial charge in [-0.05, 0) is 36.7 Å². The lowest BCUT2D eigenvalue weighted by Gasteiger charge is -2.42. The molecule has 2 fully saturated rings. The van der Waals surface area contributed by atoms with Crippen LogP contribution < -0.4 is 0 Å². The Hall–Kier alpha value is -2.09. The Morgan fingerprint density at radius 1 is 1.19 bits per heavy atom. The predicted molar refractivity (Wildman–Crippen MR) is 112 cm³/mol. The third-order valence-electron chi connectivity index (χ3n) is 6.79. The number of carbonyl (C=O) groups excluding carboxylic acids is 2. The number of alkyl halides is 3. The van der Waals surface area contributed by atoms with Gasteiger partial charge in [0.05, 0.1) is 12.5 Å². The Labute approximate surface area is 187 Å². The van der Waals surface area contributed by atoms with E-state index in [-0.39, 0.29) is 30.8 Å². The number of amides is 1. The summed E-state index contributed by atoms with van der Waals surface area (Å²) in [6.07, 6.45) is -4.07. The Kier molecular flexibility index (Phi) is 7.85. The average Bonchev–Trinajstić information content (AvgIpc) is 3.19. The summed E-state index contributed by atoms with van der Waals surface area (Å²) in [6, 6.07) is 8.04. The lowest BCUT2D eigenvalue weighted by Crippen LogP contribution is -2.56. The zero-order chi connectivity index (χ0) is 23.5. The Morgan fingerprint density at radius 3 is 2.47 bits per heavy atom. The van der Waals surface area contributed by atoms with E-state index in [4.69, 9.17) is 9.47 Å². The van der Waals surface area contributed by atoms with Gasteiger partial charge in [-0.3, -0.25) is 9.59 Å². The molecule has 8 heteroatoms. The second kappa shape index (κ2) is 10.2. The molecule has 2 aliphatic rings. The minimum absolute atomic E-state index is 0.0734. The number of rotatable bonds is 6. The van der Waals surface area contributed by atoms with Crippen LogP contribution in [0.15, 0.2) is 30.3 Å². The molecule has 1 amide bonds. The predicted octanol–water partition coefficient (Wildman–Crippen LogP) is 4.60. The number of esters is 1. The highest BCUT2D eigenvalue weighted by molar-refractivity contribution is 5.83. The first kappa shape index (κ1) is 24.6. The molecule has 1 aromatic rings. The van der Waals surface area contributed by atoms with E-state index in [2.05, 4.69) is 0 Å². The summed E-state index contributed by atoms with van der Waals surface area (Å²) in [7, 11) is 0. The van der Waals surface area contributed by atoms with Crippen LogP contribution in [0.2, 0.25) is 0 Å². The van der Waals surface area contributed by atoms with Crippen molar-refractivity contribution in [2.75, 3.05) is 13.2 Å². The molecule has 4 unspecified atom stereocenters. The van der Waals surface area contributed by atoms with Crippen LogP contribution in [-0.2, 0) is 25.7 Å². The summed E-state index contributed by atoms with van der Waals surface area (Å²) in [5, 5.41) is 0. The average molecular weight is 456 g/mol. The van der Waals surface area contributed by atoms with Gasteiger partial charge in [-0.2, -0.15) is 13.2 Å². The van der Waals surface area contributed by atoms with Gasteiger partial charge in [0.25, 0.3) is 0 Å². The first-order valence-electron chi connectivity index (χ1n) is 11.3. The fourth-order valence-electron chi connectivity index (χ4n) is 5.13. The second-order valence-electron chi connectivity index (χ2n) is 9.35. The van der Waals surface area contributed by atoms with Crippen molar-refractivity contribution in [2.24, 2.45) is 23.7 Å². The normalized spacial score (nSPS) is 28.5. The molecule has 1 aliphatic carbocycles. The van der Waals surface area contributed by atoms with E-state index in [1.807, 2.05) is 44.2 Å². The number of halogens is 3. The van der Waals surface area contributed by atoms with E-state index in [0.29, 0.717) is 26.1 Å². The van der Waals surface area contributed by atoms with Crippen LogP contribution in [0.3, 0.4) is 0 Å². The molecule has 0 radical (unpaired) electrons. The van der Waals surface area contributed by atoms with E-state index < -0.39 is 36.1 Å². The molecule has 0 aromatic heterocycles. The molecule has 32 heavy (non-hydrogen) atoms. The zero-order valence-corrected chi connectivity index (χ0v) is 18.8. The highest BCUT2D eigenvalue weighted by Crippen LogP contribution is 2.43. The molecule has 1 saturated heterocycles. The van der Waals surface area contributed by atoms with E-state index in [1.54, 1.807) is 6.92 Å². The van der Waals surface area contributed by atoms with Crippen molar-refractivity contribution < 1.29 is 32.2 Å². The number of hydrogen-bond acceptors (Lipinski definition) is 4. The highest BCUT2D eigenvalue weighted by atomic mass is 19.4. The van der Waals surface area contributed by atoms with Crippen molar-refractivity contribution in [1.29, 1.82) is 0 Å². The van der Waals surface area contributed by atoms with Crippen molar-refractivity contribution in [1.82, 2.24) is 4.90 Å². The summed E-state index contributed by atoms with van der Waals surface area (Å²) >= 11 is 0. The quantitative estimate of drug-likeness (QED) is 0.589. The van der Waals surface area contributed by atoms with Crippen LogP contribution in [-0.4, -0.2) is 48.3 Å². The number of carbonyl (C=O) groups is 2. The molecular weight excluding hydrogens is 423 g/mol. The maximum Gasteiger partial charge on any atom is 0.471 e. The maximum absolute atomic E-state index is 13.5. The summed E-state index contributed by atoms with van der Waals surface area (Å²) in [5.41, 5.74) is 0.849. The molecule has 5 nitrogen and oxygen atoms in total. The van der Waals surface area contributed by atoms with Crippen molar-refractivity contribution in [2.45, 2.75) is 64.9 Å². The van der Waals surface area contributed by atoms with E-state index >= 15 is 0 Å². The van der Waals surface area contributed by atoms with Crippen LogP contribution in [0.5, 0.6) is 0 Å². The number of hydrogen-bond donors (Lipinski definition) is 0. The van der Waals surface area contributed by atoms with Gasteiger partial charge in [0, 0.05) is 24.6 Å². The molecule has 5 atom stereocenters. The molecule has 1 aromatic carbocycles. The molecule has 3 rings (SSSR count). The Balaban J connectivity index is 1.80. The van der Waals surface area contributed by atoms with Gasteiger partial charge in [0.1, 0.15) is 6.61 Å². The topological polar surface area (TPSA) is 55.8 Å². The lowest BCUT2D eigenvalue weighted by atomic mass is 9.86. The van der Waals surface area contributed by atoms with Crippen molar-refractivity contribution in [3.63, 3.8) is 0 Å². The molecular formula is C24H32F3NO4. The van der Waals surface area contributed by atoms with Crippen LogP contribution >= 0.6 is 0 Å². The van der Waals surface area contributed by atoms with Gasteiger partial charge in [-0.15, -0.1) is 0 Å². The third-order valence-corrected chi connectivity index (χ3v) is 6.79. The van der Waals surface area contributed by atoms with Crippen molar-refractivity contribution >= 4 is 11.9 Å². The van der Waals surface area contributed by atoms with Crippen LogP contribution in [0.25, 0.3) is 0 Å². The zero-order valence-electron chi connectivity index (χ0n) is 18.8. The first-order chi connectivity index (χ1) is 15.1. The smallest absolute Gasteiger partial charge is 0.461 e. The minimum atomic E-state index is -4.96. The number of benzene rings is 1. The highest BCUT2D eigenvalue weighted by Gasteiger charge is 2.52. The summed E-state index contributed by atoms with van der Waals surface area (Å²) in [5.74, 6) is -3.05. The maximum atomic E-state index is 13.5. The molecule has 0 spiro atoms. The van der Waals surface area contributed by atoms with E-state index in [1.165, 1.54) is 0 Å². The van der Waals surface area contributed by atoms with Crippen molar-refractivity contribution in [3.8, 4) is 0 Å². The van der Waals surface area contributed by atoms with Gasteiger partial charge < -0.3 is 14.4 Å². The van der Waals surface area contributed by atoms with Gasteiger partial charge in [0.15, 0.2) is 0 Å². The lowest BCUT2D eigenvalue weighted by molar-refractivity contribution is -0.194. The molecule has 1 saturated carbocycles. The van der Waals surface area contributed by atoms with Crippen molar-refractivity contribution in [3.05, 3.63) is 35.9 Å². The Bertz CT molecular complexity index is 783. The molecule has 178 valence electrons. The second-order valence-corrected chi connectivity index (χ2v) is 9.35. The van der Waals surface area contributed by atoms with Gasteiger partial charge in [0.2, 0.25) is 0 Å². The largest absolute Gasteiger partial charge is 0.471 e. The summed E-state index contributed by atoms with van der Waals surface area (Å²) < 4.78 is 51.5. The van der Waals surface area contributed by atoms with Crippen LogP contribution in [0.4, 0.5) is 13.2 Å². The van der Waals surface area contributed by atoms with Gasteiger partial charge in [-0.25, -0.2) is 0 Å².